The molecule has 0 spiro atoms. The number of anilines is 1. The maximum Gasteiger partial charge on any atom is 0.451 e. The Bertz CT molecular complexity index is 1420. The molecule has 2 unspecified atom stereocenters. The molecule has 9 nitrogen and oxygen atoms in total. The van der Waals surface area contributed by atoms with E-state index in [4.69, 9.17) is 0 Å². The van der Waals surface area contributed by atoms with E-state index in [1.807, 2.05) is 11.8 Å². The third kappa shape index (κ3) is 4.68. The van der Waals surface area contributed by atoms with E-state index in [0.717, 1.165) is 4.57 Å². The monoisotopic (exact) mass is 535 g/mol. The van der Waals surface area contributed by atoms with Crippen LogP contribution in [0.2, 0.25) is 0 Å². The van der Waals surface area contributed by atoms with Gasteiger partial charge in [-0.1, -0.05) is 6.92 Å². The Morgan fingerprint density at radius 1 is 1.21 bits per heavy atom. The van der Waals surface area contributed by atoms with Gasteiger partial charge >= 0.3 is 12.8 Å². The Balaban J connectivity index is 1.33. The zero-order valence-electron chi connectivity index (χ0n) is 20.1. The lowest BCUT2D eigenvalue weighted by Crippen LogP contribution is -2.49. The van der Waals surface area contributed by atoms with Gasteiger partial charge in [-0.05, 0) is 24.5 Å². The van der Waals surface area contributed by atoms with E-state index in [2.05, 4.69) is 26.0 Å². The summed E-state index contributed by atoms with van der Waals surface area (Å²) in [7, 11) is 0. The third-order valence-electron chi connectivity index (χ3n) is 7.01. The number of aromatic nitrogens is 4. The first-order valence-electron chi connectivity index (χ1n) is 11.9. The zero-order chi connectivity index (χ0) is 27.2. The van der Waals surface area contributed by atoms with Gasteiger partial charge in [0, 0.05) is 49.7 Å². The number of benzene rings is 1. The van der Waals surface area contributed by atoms with Crippen molar-refractivity contribution in [3.05, 3.63) is 41.6 Å². The van der Waals surface area contributed by atoms with Crippen LogP contribution in [0.3, 0.4) is 0 Å². The first kappa shape index (κ1) is 25.6. The molecule has 3 aromatic rings. The molecule has 2 aliphatic heterocycles. The summed E-state index contributed by atoms with van der Waals surface area (Å²) >= 11 is 0. The Hall–Kier alpha value is -4.02. The molecule has 0 aliphatic carbocycles. The van der Waals surface area contributed by atoms with Crippen LogP contribution in [-0.4, -0.2) is 56.8 Å². The molecule has 5 rings (SSSR count). The Kier molecular flexibility index (Phi) is 6.54. The van der Waals surface area contributed by atoms with Crippen LogP contribution < -0.4 is 9.64 Å². The van der Waals surface area contributed by atoms with Gasteiger partial charge in [-0.15, -0.1) is 10.2 Å². The molecule has 1 amide bonds. The Morgan fingerprint density at radius 3 is 2.68 bits per heavy atom. The fourth-order valence-electron chi connectivity index (χ4n) is 5.26. The number of carbonyl (C=O) groups excluding carboxylic acids is 1. The van der Waals surface area contributed by atoms with E-state index in [-0.39, 0.29) is 49.0 Å². The van der Waals surface area contributed by atoms with E-state index >= 15 is 0 Å². The number of amides is 1. The number of hydrogen-bond donors (Lipinski definition) is 0. The van der Waals surface area contributed by atoms with Crippen LogP contribution in [0, 0.1) is 23.2 Å². The van der Waals surface area contributed by atoms with Gasteiger partial charge in [0.1, 0.15) is 11.8 Å². The van der Waals surface area contributed by atoms with Crippen molar-refractivity contribution < 1.29 is 31.5 Å². The minimum atomic E-state index is -4.62. The van der Waals surface area contributed by atoms with Crippen LogP contribution >= 0.6 is 0 Å². The van der Waals surface area contributed by atoms with Crippen LogP contribution in [0.4, 0.5) is 27.6 Å². The van der Waals surface area contributed by atoms with Crippen molar-refractivity contribution in [1.29, 1.82) is 5.26 Å². The SMILES string of the molecule is CC1CN(c2c(C#N)cnc3cc(OC(F)F)ccc23)CCC1C(=O)N1CCn2c(nnc2C(F)(F)F)C1. The third-order valence-corrected chi connectivity index (χ3v) is 7.01. The van der Waals surface area contributed by atoms with E-state index < -0.39 is 18.6 Å². The summed E-state index contributed by atoms with van der Waals surface area (Å²) in [5, 5.41) is 17.2. The number of rotatable bonds is 4. The highest BCUT2D eigenvalue weighted by molar-refractivity contribution is 5.95. The van der Waals surface area contributed by atoms with Gasteiger partial charge in [0.15, 0.2) is 5.82 Å². The smallest absolute Gasteiger partial charge is 0.435 e. The maximum atomic E-state index is 13.4. The highest BCUT2D eigenvalue weighted by Gasteiger charge is 2.41. The number of halogens is 5. The average molecular weight is 535 g/mol. The van der Waals surface area contributed by atoms with Crippen molar-refractivity contribution in [2.24, 2.45) is 11.8 Å². The zero-order valence-corrected chi connectivity index (χ0v) is 20.1. The Labute approximate surface area is 213 Å². The molecule has 1 saturated heterocycles. The van der Waals surface area contributed by atoms with Gasteiger partial charge in [-0.25, -0.2) is 0 Å². The van der Waals surface area contributed by atoms with Gasteiger partial charge in [-0.2, -0.15) is 27.2 Å². The second-order valence-corrected chi connectivity index (χ2v) is 9.36. The van der Waals surface area contributed by atoms with Crippen LogP contribution in [-0.2, 0) is 24.1 Å². The quantitative estimate of drug-likeness (QED) is 0.469. The number of pyridine rings is 1. The molecule has 0 N–H and O–H groups in total. The maximum absolute atomic E-state index is 13.4. The van der Waals surface area contributed by atoms with Crippen LogP contribution in [0.1, 0.15) is 30.6 Å². The van der Waals surface area contributed by atoms with Crippen molar-refractivity contribution in [3.8, 4) is 11.8 Å². The number of nitriles is 1. The highest BCUT2D eigenvalue weighted by atomic mass is 19.4. The fourth-order valence-corrected chi connectivity index (χ4v) is 5.26. The van der Waals surface area contributed by atoms with Crippen LogP contribution in [0.5, 0.6) is 5.75 Å². The lowest BCUT2D eigenvalue weighted by molar-refractivity contribution is -0.148. The summed E-state index contributed by atoms with van der Waals surface area (Å²) in [5.74, 6) is -1.68. The predicted molar refractivity (Wildman–Crippen MR) is 123 cm³/mol. The molecule has 0 radical (unpaired) electrons. The average Bonchev–Trinajstić information content (AvgIpc) is 3.31. The number of ether oxygens (including phenoxy) is 1. The number of fused-ring (bicyclic) bond motifs is 2. The molecule has 4 heterocycles. The first-order valence-corrected chi connectivity index (χ1v) is 11.9. The second-order valence-electron chi connectivity index (χ2n) is 9.36. The summed E-state index contributed by atoms with van der Waals surface area (Å²) in [6.07, 6.45) is -2.78. The molecular weight excluding hydrogens is 513 g/mol. The van der Waals surface area contributed by atoms with Crippen molar-refractivity contribution >= 4 is 22.5 Å². The minimum Gasteiger partial charge on any atom is -0.435 e. The fraction of sp³-hybridized carbons (Fsp3) is 0.458. The van der Waals surface area contributed by atoms with Crippen LogP contribution in [0.15, 0.2) is 24.4 Å². The molecule has 2 aromatic heterocycles. The summed E-state index contributed by atoms with van der Waals surface area (Å²) in [5.41, 5.74) is 1.30. The number of nitrogens with zero attached hydrogens (tertiary/aromatic N) is 7. The standard InChI is InChI=1S/C24H22F5N7O2/c1-13-11-34(20-14(9-30)10-31-18-8-15(38-23(25)26)2-3-17(18)20)5-4-16(13)21(37)35-6-7-36-19(12-35)32-33-22(36)24(27,28)29/h2-3,8,10,13,16,23H,4-7,11-12H2,1H3. The molecule has 38 heavy (non-hydrogen) atoms. The lowest BCUT2D eigenvalue weighted by Gasteiger charge is -2.40. The van der Waals surface area contributed by atoms with Crippen molar-refractivity contribution in [2.75, 3.05) is 24.5 Å². The molecule has 0 bridgehead atoms. The molecule has 2 atom stereocenters. The highest BCUT2D eigenvalue weighted by Crippen LogP contribution is 2.37. The van der Waals surface area contributed by atoms with Gasteiger partial charge in [0.05, 0.1) is 23.3 Å². The molecule has 0 saturated carbocycles. The van der Waals surface area contributed by atoms with E-state index in [0.29, 0.717) is 41.7 Å². The number of carbonyl (C=O) groups is 1. The molecule has 2 aliphatic rings. The van der Waals surface area contributed by atoms with Gasteiger partial charge in [-0.3, -0.25) is 9.78 Å². The summed E-state index contributed by atoms with van der Waals surface area (Å²) < 4.78 is 70.1. The van der Waals surface area contributed by atoms with Crippen molar-refractivity contribution in [2.45, 2.75) is 39.2 Å². The minimum absolute atomic E-state index is 0.0397. The lowest BCUT2D eigenvalue weighted by atomic mass is 9.85. The van der Waals surface area contributed by atoms with Gasteiger partial charge in [0.2, 0.25) is 11.7 Å². The molecular formula is C24H22F5N7O2. The number of piperidine rings is 1. The van der Waals surface area contributed by atoms with E-state index in [9.17, 15) is 32.0 Å². The van der Waals surface area contributed by atoms with Crippen molar-refractivity contribution in [1.82, 2.24) is 24.6 Å². The van der Waals surface area contributed by atoms with Crippen LogP contribution in [0.25, 0.3) is 10.9 Å². The summed E-state index contributed by atoms with van der Waals surface area (Å²) in [6.45, 7) is -0.171. The molecule has 1 fully saturated rings. The normalized spacial score (nSPS) is 19.9. The Morgan fingerprint density at radius 2 is 2.00 bits per heavy atom. The molecule has 14 heteroatoms. The topological polar surface area (TPSA) is 100 Å². The molecule has 200 valence electrons. The largest absolute Gasteiger partial charge is 0.451 e. The number of alkyl halides is 5. The van der Waals surface area contributed by atoms with Gasteiger partial charge < -0.3 is 19.1 Å². The van der Waals surface area contributed by atoms with Gasteiger partial charge in [0.25, 0.3) is 0 Å². The van der Waals surface area contributed by atoms with Crippen molar-refractivity contribution in [3.63, 3.8) is 0 Å². The second kappa shape index (κ2) is 9.70. The summed E-state index contributed by atoms with van der Waals surface area (Å²) in [4.78, 5) is 21.1. The van der Waals surface area contributed by atoms with E-state index in [1.54, 1.807) is 6.07 Å². The number of hydrogen-bond acceptors (Lipinski definition) is 7. The predicted octanol–water partition coefficient (Wildman–Crippen LogP) is 3.82. The summed E-state index contributed by atoms with van der Waals surface area (Å²) in [6, 6.07) is 6.48. The molecule has 1 aromatic carbocycles. The first-order chi connectivity index (χ1) is 18.1. The van der Waals surface area contributed by atoms with E-state index in [1.165, 1.54) is 23.2 Å².